The summed E-state index contributed by atoms with van der Waals surface area (Å²) in [5.41, 5.74) is 4.17. The van der Waals surface area contributed by atoms with Gasteiger partial charge in [-0.05, 0) is 67.8 Å². The van der Waals surface area contributed by atoms with Gasteiger partial charge in [0.05, 0.1) is 12.2 Å². The molecule has 5 heteroatoms. The van der Waals surface area contributed by atoms with Crippen molar-refractivity contribution in [3.05, 3.63) is 65.6 Å². The second-order valence-electron chi connectivity index (χ2n) is 6.62. The maximum Gasteiger partial charge on any atom is 0.0536 e. The fourth-order valence-electron chi connectivity index (χ4n) is 2.78. The van der Waals surface area contributed by atoms with Crippen LogP contribution >= 0.6 is 0 Å². The minimum atomic E-state index is -0.375. The first-order chi connectivity index (χ1) is 12.3. The number of benzene rings is 2. The third-order valence-electron chi connectivity index (χ3n) is 4.20. The maximum atomic E-state index is 13.0. The number of aliphatic hydroxyl groups excluding tert-OH is 2. The van der Waals surface area contributed by atoms with Crippen molar-refractivity contribution in [1.82, 2.24) is 4.98 Å². The van der Waals surface area contributed by atoms with E-state index in [1.54, 1.807) is 26.1 Å². The molecule has 1 heterocycles. The van der Waals surface area contributed by atoms with Crippen LogP contribution < -0.4 is 0 Å². The number of aliphatic hydroxyl groups is 2. The fourth-order valence-corrected chi connectivity index (χ4v) is 2.78. The zero-order valence-electron chi connectivity index (χ0n) is 16.0. The first-order valence-electron chi connectivity index (χ1n) is 8.68. The van der Waals surface area contributed by atoms with Gasteiger partial charge >= 0.3 is 0 Å². The minimum Gasteiger partial charge on any atom is -0.393 e. The molecule has 2 unspecified atom stereocenters. The molecule has 0 saturated carbocycles. The Morgan fingerprint density at radius 3 is 2.19 bits per heavy atom. The average molecular weight is 547 g/mol. The van der Waals surface area contributed by atoms with Crippen LogP contribution in [0.15, 0.2) is 42.6 Å². The Morgan fingerprint density at radius 1 is 1.00 bits per heavy atom. The number of aryl methyl sites for hydroxylation is 2. The minimum absolute atomic E-state index is 0. The molecule has 0 aliphatic rings. The molecule has 2 aromatic carbocycles. The van der Waals surface area contributed by atoms with Crippen molar-refractivity contribution in [2.75, 3.05) is 0 Å². The van der Waals surface area contributed by atoms with E-state index in [9.17, 15) is 4.39 Å². The monoisotopic (exact) mass is 547 g/mol. The van der Waals surface area contributed by atoms with Crippen molar-refractivity contribution in [3.8, 4) is 11.3 Å². The summed E-state index contributed by atoms with van der Waals surface area (Å²) in [6, 6.07) is 13.6. The fraction of sp³-hybridized carbons (Fsp3) is 0.318. The van der Waals surface area contributed by atoms with E-state index in [4.69, 9.17) is 10.2 Å². The van der Waals surface area contributed by atoms with Crippen molar-refractivity contribution < 1.29 is 34.7 Å². The average Bonchev–Trinajstić information content (AvgIpc) is 2.58. The van der Waals surface area contributed by atoms with Gasteiger partial charge in [0.1, 0.15) is 0 Å². The number of nitrogens with zero attached hydrogens (tertiary/aromatic N) is 1. The van der Waals surface area contributed by atoms with Gasteiger partial charge in [0.25, 0.3) is 0 Å². The Labute approximate surface area is 173 Å². The van der Waals surface area contributed by atoms with Crippen LogP contribution in [0, 0.1) is 25.7 Å². The first kappa shape index (κ1) is 23.4. The molecule has 3 nitrogen and oxygen atoms in total. The first-order valence-corrected chi connectivity index (χ1v) is 8.68. The van der Waals surface area contributed by atoms with E-state index < -0.39 is 0 Å². The second-order valence-corrected chi connectivity index (χ2v) is 6.62. The van der Waals surface area contributed by atoms with Gasteiger partial charge in [-0.25, -0.2) is 0 Å². The molecule has 0 bridgehead atoms. The number of pyridine rings is 1. The predicted molar refractivity (Wildman–Crippen MR) is 103 cm³/mol. The van der Waals surface area contributed by atoms with Crippen LogP contribution in [0.2, 0.25) is 0 Å². The molecule has 2 atom stereocenters. The predicted octanol–water partition coefficient (Wildman–Crippen LogP) is 4.59. The molecule has 3 rings (SSSR count). The Balaban J connectivity index is 0.000000395. The topological polar surface area (TPSA) is 53.4 Å². The Bertz CT molecular complexity index is 858. The Hall–Kier alpha value is -1.65. The van der Waals surface area contributed by atoms with Crippen LogP contribution in [0.3, 0.4) is 0 Å². The molecule has 0 fully saturated rings. The second kappa shape index (κ2) is 10.6. The molecule has 1 aromatic heterocycles. The van der Waals surface area contributed by atoms with Gasteiger partial charge in [-0.3, -0.25) is 4.39 Å². The Morgan fingerprint density at radius 2 is 1.67 bits per heavy atom. The number of hydrogen-bond acceptors (Lipinski definition) is 3. The van der Waals surface area contributed by atoms with Gasteiger partial charge in [-0.1, -0.05) is 12.1 Å². The van der Waals surface area contributed by atoms with E-state index >= 15 is 0 Å². The van der Waals surface area contributed by atoms with Crippen LogP contribution in [0.1, 0.15) is 31.4 Å². The standard InChI is InChI=1S/C17H13FN.C5H12O2.Ir/c1-11-3-8-16-15(12(11)2)9-10-19-17(16)13-4-6-14(18)7-5-13;1-4(6)3-5(2)7;/h3-4,6-10H,1-2H3;4-7H,3H2,1-2H3;/q-1;;. The number of fused-ring (bicyclic) bond motifs is 1. The van der Waals surface area contributed by atoms with Crippen LogP contribution in [-0.4, -0.2) is 27.4 Å². The normalized spacial score (nSPS) is 12.6. The Kier molecular flexibility index (Phi) is 9.20. The molecule has 0 aliphatic heterocycles. The molecule has 27 heavy (non-hydrogen) atoms. The molecule has 0 amide bonds. The van der Waals surface area contributed by atoms with Gasteiger partial charge < -0.3 is 15.2 Å². The summed E-state index contributed by atoms with van der Waals surface area (Å²) in [5, 5.41) is 19.4. The molecule has 1 radical (unpaired) electrons. The van der Waals surface area contributed by atoms with Crippen LogP contribution in [0.4, 0.5) is 4.39 Å². The molecule has 0 aliphatic carbocycles. The van der Waals surface area contributed by atoms with Gasteiger partial charge in [0, 0.05) is 32.1 Å². The summed E-state index contributed by atoms with van der Waals surface area (Å²) in [4.78, 5) is 4.42. The van der Waals surface area contributed by atoms with Crippen LogP contribution in [0.25, 0.3) is 22.0 Å². The van der Waals surface area contributed by atoms with Crippen LogP contribution in [0.5, 0.6) is 0 Å². The zero-order valence-corrected chi connectivity index (χ0v) is 18.4. The summed E-state index contributed by atoms with van der Waals surface area (Å²) in [6.45, 7) is 7.52. The van der Waals surface area contributed by atoms with Gasteiger partial charge in [0.2, 0.25) is 0 Å². The summed E-state index contributed by atoms with van der Waals surface area (Å²) in [7, 11) is 0. The van der Waals surface area contributed by atoms with Gasteiger partial charge in [0.15, 0.2) is 0 Å². The van der Waals surface area contributed by atoms with Crippen molar-refractivity contribution >= 4 is 10.8 Å². The molecule has 147 valence electrons. The SMILES string of the molecule is CC(O)CC(C)O.Cc1ccc2c(-c3[c-]cc(F)cc3)nccc2c1C.[Ir]. The number of hydrogen-bond donors (Lipinski definition) is 2. The van der Waals surface area contributed by atoms with Crippen molar-refractivity contribution in [2.45, 2.75) is 46.3 Å². The van der Waals surface area contributed by atoms with Crippen molar-refractivity contribution in [3.63, 3.8) is 0 Å². The van der Waals surface area contributed by atoms with E-state index in [-0.39, 0.29) is 38.1 Å². The molecular weight excluding hydrogens is 521 g/mol. The molecular formula is C22H25FIrNO2-. The number of halogens is 1. The van der Waals surface area contributed by atoms with E-state index in [0.29, 0.717) is 6.42 Å². The zero-order chi connectivity index (χ0) is 19.3. The van der Waals surface area contributed by atoms with Gasteiger partial charge in [-0.2, -0.15) is 0 Å². The largest absolute Gasteiger partial charge is 0.393 e. The quantitative estimate of drug-likeness (QED) is 0.473. The van der Waals surface area contributed by atoms with Crippen molar-refractivity contribution in [1.29, 1.82) is 0 Å². The van der Waals surface area contributed by atoms with E-state index in [1.165, 1.54) is 28.6 Å². The van der Waals surface area contributed by atoms with Crippen molar-refractivity contribution in [2.24, 2.45) is 0 Å². The molecule has 0 spiro atoms. The van der Waals surface area contributed by atoms with E-state index in [0.717, 1.165) is 16.6 Å². The number of rotatable bonds is 3. The van der Waals surface area contributed by atoms with Crippen LogP contribution in [-0.2, 0) is 20.1 Å². The third-order valence-corrected chi connectivity index (χ3v) is 4.20. The van der Waals surface area contributed by atoms with Gasteiger partial charge in [-0.15, -0.1) is 29.8 Å². The molecule has 2 N–H and O–H groups in total. The number of aromatic nitrogens is 1. The summed E-state index contributed by atoms with van der Waals surface area (Å²) in [5.74, 6) is -0.281. The van der Waals surface area contributed by atoms with E-state index in [1.807, 2.05) is 6.07 Å². The summed E-state index contributed by atoms with van der Waals surface area (Å²) >= 11 is 0. The molecule has 3 aromatic rings. The maximum absolute atomic E-state index is 13.0. The third kappa shape index (κ3) is 6.47. The van der Waals surface area contributed by atoms with E-state index in [2.05, 4.69) is 37.0 Å². The smallest absolute Gasteiger partial charge is 0.0536 e. The molecule has 0 saturated heterocycles. The summed E-state index contributed by atoms with van der Waals surface area (Å²) in [6.07, 6.45) is 1.52. The summed E-state index contributed by atoms with van der Waals surface area (Å²) < 4.78 is 13.0.